The fourth-order valence-corrected chi connectivity index (χ4v) is 5.10. The Labute approximate surface area is 193 Å². The first kappa shape index (κ1) is 22.2. The molecule has 0 radical (unpaired) electrons. The lowest BCUT2D eigenvalue weighted by atomic mass is 10.1. The van der Waals surface area contributed by atoms with E-state index in [0.717, 1.165) is 27.4 Å². The van der Waals surface area contributed by atoms with E-state index in [1.165, 1.54) is 29.5 Å². The van der Waals surface area contributed by atoms with E-state index in [2.05, 4.69) is 48.1 Å². The highest BCUT2D eigenvalue weighted by Gasteiger charge is 2.18. The zero-order chi connectivity index (χ0) is 22.9. The van der Waals surface area contributed by atoms with Crippen molar-refractivity contribution >= 4 is 27.0 Å². The Morgan fingerprint density at radius 2 is 1.38 bits per heavy atom. The molecule has 164 valence electrons. The predicted octanol–water partition coefficient (Wildman–Crippen LogP) is 5.31. The van der Waals surface area contributed by atoms with Crippen LogP contribution in [0.1, 0.15) is 11.1 Å². The highest BCUT2D eigenvalue weighted by Crippen LogP contribution is 2.26. The van der Waals surface area contributed by atoms with Crippen LogP contribution in [0.3, 0.4) is 0 Å². The molecule has 0 aliphatic heterocycles. The molecule has 0 aliphatic carbocycles. The average molecular weight is 464 g/mol. The molecule has 0 N–H and O–H groups in total. The number of aryl methyl sites for hydroxylation is 2. The third-order valence-corrected chi connectivity index (χ3v) is 7.84. The Morgan fingerprint density at radius 1 is 0.812 bits per heavy atom. The maximum absolute atomic E-state index is 12.4. The van der Waals surface area contributed by atoms with E-state index in [0.29, 0.717) is 0 Å². The summed E-state index contributed by atoms with van der Waals surface area (Å²) in [6, 6.07) is 23.4. The van der Waals surface area contributed by atoms with Crippen molar-refractivity contribution < 1.29 is 8.42 Å². The lowest BCUT2D eigenvalue weighted by molar-refractivity contribution is 0.521. The second kappa shape index (κ2) is 8.86. The van der Waals surface area contributed by atoms with Gasteiger partial charge in [-0.2, -0.15) is 0 Å². The molecule has 0 unspecified atom stereocenters. The first-order valence-electron chi connectivity index (χ1n) is 10.2. The van der Waals surface area contributed by atoms with Gasteiger partial charge < -0.3 is 0 Å². The molecule has 1 heterocycles. The van der Waals surface area contributed by atoms with E-state index >= 15 is 0 Å². The topological polar surface area (TPSA) is 54.7 Å². The van der Waals surface area contributed by atoms with Crippen LogP contribution in [-0.4, -0.2) is 31.4 Å². The van der Waals surface area contributed by atoms with Crippen LogP contribution >= 0.6 is 11.3 Å². The van der Waals surface area contributed by atoms with Crippen molar-refractivity contribution in [3.05, 3.63) is 94.1 Å². The van der Waals surface area contributed by atoms with Gasteiger partial charge in [-0.25, -0.2) is 17.7 Å². The van der Waals surface area contributed by atoms with Gasteiger partial charge in [0.25, 0.3) is 0 Å². The Morgan fingerprint density at radius 3 is 1.94 bits per heavy atom. The molecule has 0 amide bonds. The minimum absolute atomic E-state index is 0.271. The van der Waals surface area contributed by atoms with Crippen molar-refractivity contribution in [2.45, 2.75) is 18.7 Å². The standard InChI is InChI=1S/C25H25N3O2S2/c1-18-5-11-21(12-6-18)26-25-28(22-13-7-19(2)8-14-22)24(17-31-25)20-9-15-23(16-10-20)32(29,30)27(3)4/h5-17H,1-4H3. The van der Waals surface area contributed by atoms with E-state index in [-0.39, 0.29) is 4.90 Å². The van der Waals surface area contributed by atoms with Crippen LogP contribution in [0.25, 0.3) is 16.9 Å². The zero-order valence-electron chi connectivity index (χ0n) is 18.5. The number of rotatable bonds is 5. The second-order valence-electron chi connectivity index (χ2n) is 7.83. The number of aromatic nitrogens is 1. The fraction of sp³-hybridized carbons (Fsp3) is 0.160. The summed E-state index contributed by atoms with van der Waals surface area (Å²) in [6.45, 7) is 4.12. The van der Waals surface area contributed by atoms with Gasteiger partial charge in [0, 0.05) is 25.2 Å². The molecule has 1 aromatic heterocycles. The van der Waals surface area contributed by atoms with Gasteiger partial charge >= 0.3 is 0 Å². The van der Waals surface area contributed by atoms with Gasteiger partial charge in [0.15, 0.2) is 4.80 Å². The summed E-state index contributed by atoms with van der Waals surface area (Å²) in [5.74, 6) is 0. The Hall–Kier alpha value is -3.00. The fourth-order valence-electron chi connectivity index (χ4n) is 3.27. The summed E-state index contributed by atoms with van der Waals surface area (Å²) in [7, 11) is -0.403. The predicted molar refractivity (Wildman–Crippen MR) is 131 cm³/mol. The van der Waals surface area contributed by atoms with E-state index in [1.54, 1.807) is 23.5 Å². The summed E-state index contributed by atoms with van der Waals surface area (Å²) in [6.07, 6.45) is 0. The number of hydrogen-bond donors (Lipinski definition) is 0. The largest absolute Gasteiger partial charge is 0.285 e. The Bertz CT molecular complexity index is 1400. The van der Waals surface area contributed by atoms with Crippen molar-refractivity contribution in [1.29, 1.82) is 0 Å². The number of benzene rings is 3. The molecule has 3 aromatic carbocycles. The molecule has 7 heteroatoms. The third-order valence-electron chi connectivity index (χ3n) is 5.19. The first-order chi connectivity index (χ1) is 15.3. The van der Waals surface area contributed by atoms with Crippen LogP contribution in [0.5, 0.6) is 0 Å². The monoisotopic (exact) mass is 463 g/mol. The molecular weight excluding hydrogens is 438 g/mol. The highest BCUT2D eigenvalue weighted by atomic mass is 32.2. The van der Waals surface area contributed by atoms with Gasteiger partial charge in [-0.3, -0.25) is 4.57 Å². The van der Waals surface area contributed by atoms with Crippen LogP contribution in [0.15, 0.2) is 88.1 Å². The molecule has 4 rings (SSSR count). The molecule has 0 atom stereocenters. The summed E-state index contributed by atoms with van der Waals surface area (Å²) >= 11 is 1.55. The lowest BCUT2D eigenvalue weighted by Crippen LogP contribution is -2.22. The van der Waals surface area contributed by atoms with Crippen LogP contribution in [0.2, 0.25) is 0 Å². The summed E-state index contributed by atoms with van der Waals surface area (Å²) in [5, 5.41) is 2.06. The zero-order valence-corrected chi connectivity index (χ0v) is 20.1. The van der Waals surface area contributed by atoms with Crippen LogP contribution in [0.4, 0.5) is 5.69 Å². The molecule has 5 nitrogen and oxygen atoms in total. The van der Waals surface area contributed by atoms with Crippen molar-refractivity contribution in [1.82, 2.24) is 8.87 Å². The van der Waals surface area contributed by atoms with Gasteiger partial charge in [0.2, 0.25) is 10.0 Å². The van der Waals surface area contributed by atoms with Crippen molar-refractivity contribution in [3.63, 3.8) is 0 Å². The molecule has 0 saturated heterocycles. The average Bonchev–Trinajstić information content (AvgIpc) is 3.19. The number of hydrogen-bond acceptors (Lipinski definition) is 4. The van der Waals surface area contributed by atoms with Gasteiger partial charge in [0.1, 0.15) is 0 Å². The maximum atomic E-state index is 12.4. The minimum Gasteiger partial charge on any atom is -0.285 e. The smallest absolute Gasteiger partial charge is 0.242 e. The van der Waals surface area contributed by atoms with Gasteiger partial charge in [-0.1, -0.05) is 47.5 Å². The Kier molecular flexibility index (Phi) is 6.15. The first-order valence-corrected chi connectivity index (χ1v) is 12.5. The number of sulfonamides is 1. The number of nitrogens with zero attached hydrogens (tertiary/aromatic N) is 3. The van der Waals surface area contributed by atoms with E-state index in [9.17, 15) is 8.42 Å². The quantitative estimate of drug-likeness (QED) is 0.403. The maximum Gasteiger partial charge on any atom is 0.242 e. The molecule has 32 heavy (non-hydrogen) atoms. The van der Waals surface area contributed by atoms with E-state index < -0.39 is 10.0 Å². The summed E-state index contributed by atoms with van der Waals surface area (Å²) < 4.78 is 28.2. The molecule has 0 aliphatic rings. The minimum atomic E-state index is -3.47. The van der Waals surface area contributed by atoms with Crippen LogP contribution < -0.4 is 4.80 Å². The summed E-state index contributed by atoms with van der Waals surface area (Å²) in [5.41, 5.74) is 6.14. The second-order valence-corrected chi connectivity index (χ2v) is 10.8. The van der Waals surface area contributed by atoms with Gasteiger partial charge in [-0.15, -0.1) is 11.3 Å². The third kappa shape index (κ3) is 4.46. The molecule has 0 bridgehead atoms. The molecule has 0 fully saturated rings. The van der Waals surface area contributed by atoms with E-state index in [1.807, 2.05) is 36.4 Å². The summed E-state index contributed by atoms with van der Waals surface area (Å²) in [4.78, 5) is 6.00. The normalized spacial score (nSPS) is 12.5. The van der Waals surface area contributed by atoms with Crippen molar-refractivity contribution in [2.24, 2.45) is 4.99 Å². The van der Waals surface area contributed by atoms with Gasteiger partial charge in [0.05, 0.1) is 16.3 Å². The lowest BCUT2D eigenvalue weighted by Gasteiger charge is -2.13. The van der Waals surface area contributed by atoms with Crippen molar-refractivity contribution in [3.8, 4) is 16.9 Å². The SMILES string of the molecule is Cc1ccc(N=c2scc(-c3ccc(S(=O)(=O)N(C)C)cc3)n2-c2ccc(C)cc2)cc1. The molecule has 0 spiro atoms. The van der Waals surface area contributed by atoms with Crippen LogP contribution in [0, 0.1) is 13.8 Å². The number of thiazole rings is 1. The molecule has 0 saturated carbocycles. The van der Waals surface area contributed by atoms with Crippen molar-refractivity contribution in [2.75, 3.05) is 14.1 Å². The highest BCUT2D eigenvalue weighted by molar-refractivity contribution is 7.89. The van der Waals surface area contributed by atoms with E-state index in [4.69, 9.17) is 4.99 Å². The van der Waals surface area contributed by atoms with Gasteiger partial charge in [-0.05, 0) is 55.8 Å². The molecule has 4 aromatic rings. The van der Waals surface area contributed by atoms with Crippen LogP contribution in [-0.2, 0) is 10.0 Å². The Balaban J connectivity index is 1.87. The molecular formula is C25H25N3O2S2.